The van der Waals surface area contributed by atoms with Crippen molar-refractivity contribution >= 4 is 21.6 Å². The molecule has 2 aromatic rings. The second-order valence-electron chi connectivity index (χ2n) is 8.08. The van der Waals surface area contributed by atoms with Gasteiger partial charge in [-0.3, -0.25) is 9.10 Å². The van der Waals surface area contributed by atoms with E-state index in [1.807, 2.05) is 19.9 Å². The molecule has 156 valence electrons. The Labute approximate surface area is 174 Å². The summed E-state index contributed by atoms with van der Waals surface area (Å²) >= 11 is 0. The summed E-state index contributed by atoms with van der Waals surface area (Å²) < 4.78 is 26.3. The summed E-state index contributed by atoms with van der Waals surface area (Å²) in [5.41, 5.74) is 6.85. The Balaban J connectivity index is 1.83. The van der Waals surface area contributed by atoms with Gasteiger partial charge in [0.1, 0.15) is 0 Å². The number of aryl methyl sites for hydroxylation is 3. The predicted octanol–water partition coefficient (Wildman–Crippen LogP) is 4.20. The average molecular weight is 415 g/mol. The minimum atomic E-state index is -3.33. The number of fused-ring (bicyclic) bond motifs is 1. The molecule has 0 aromatic heterocycles. The molecule has 3 rings (SSSR count). The largest absolute Gasteiger partial charge is 0.346 e. The van der Waals surface area contributed by atoms with Gasteiger partial charge in [0.2, 0.25) is 10.0 Å². The standard InChI is InChI=1S/C23H30N2O3S/c1-7-29(27,28)25-17(5)12-20-13-19(8-9-22(20)25)23(26)24-18(6)21-11-15(3)14(2)10-16(21)4/h8-11,13,17-18H,7,12H2,1-6H3,(H,24,26)/t17-,18-/m1/s1. The van der Waals surface area contributed by atoms with E-state index in [1.165, 1.54) is 15.4 Å². The van der Waals surface area contributed by atoms with Gasteiger partial charge in [-0.1, -0.05) is 12.1 Å². The zero-order valence-corrected chi connectivity index (χ0v) is 18.9. The number of amides is 1. The SMILES string of the molecule is CCS(=O)(=O)N1c2ccc(C(=O)N[C@H](C)c3cc(C)c(C)cc3C)cc2C[C@H]1C. The molecule has 1 heterocycles. The number of carbonyl (C=O) groups excluding carboxylic acids is 1. The number of rotatable bonds is 5. The number of nitrogens with one attached hydrogen (secondary N) is 1. The molecular formula is C23H30N2O3S. The molecule has 1 aliphatic heterocycles. The Bertz CT molecular complexity index is 1060. The molecule has 5 nitrogen and oxygen atoms in total. The smallest absolute Gasteiger partial charge is 0.251 e. The van der Waals surface area contributed by atoms with Crippen molar-refractivity contribution in [2.24, 2.45) is 0 Å². The van der Waals surface area contributed by atoms with Gasteiger partial charge in [-0.2, -0.15) is 0 Å². The maximum atomic E-state index is 12.9. The Hall–Kier alpha value is -2.34. The van der Waals surface area contributed by atoms with Crippen LogP contribution in [0.2, 0.25) is 0 Å². The highest BCUT2D eigenvalue weighted by atomic mass is 32.2. The van der Waals surface area contributed by atoms with Crippen LogP contribution in [0, 0.1) is 20.8 Å². The minimum Gasteiger partial charge on any atom is -0.346 e. The van der Waals surface area contributed by atoms with Gasteiger partial charge in [-0.15, -0.1) is 0 Å². The van der Waals surface area contributed by atoms with Crippen molar-refractivity contribution in [1.82, 2.24) is 5.32 Å². The fourth-order valence-corrected chi connectivity index (χ4v) is 5.49. The summed E-state index contributed by atoms with van der Waals surface area (Å²) in [4.78, 5) is 12.9. The highest BCUT2D eigenvalue weighted by Gasteiger charge is 2.34. The maximum absolute atomic E-state index is 12.9. The first-order chi connectivity index (χ1) is 13.5. The van der Waals surface area contributed by atoms with Crippen molar-refractivity contribution < 1.29 is 13.2 Å². The summed E-state index contributed by atoms with van der Waals surface area (Å²) in [7, 11) is -3.33. The lowest BCUT2D eigenvalue weighted by Gasteiger charge is -2.23. The topological polar surface area (TPSA) is 66.5 Å². The summed E-state index contributed by atoms with van der Waals surface area (Å²) in [5, 5.41) is 3.08. The average Bonchev–Trinajstić information content (AvgIpc) is 3.00. The van der Waals surface area contributed by atoms with Crippen LogP contribution in [0.5, 0.6) is 0 Å². The van der Waals surface area contributed by atoms with Crippen molar-refractivity contribution in [1.29, 1.82) is 0 Å². The van der Waals surface area contributed by atoms with Gasteiger partial charge in [-0.25, -0.2) is 8.42 Å². The number of nitrogens with zero attached hydrogens (tertiary/aromatic N) is 1. The van der Waals surface area contributed by atoms with E-state index in [0.717, 1.165) is 16.7 Å². The Morgan fingerprint density at radius 3 is 2.45 bits per heavy atom. The van der Waals surface area contributed by atoms with Crippen LogP contribution in [0.25, 0.3) is 0 Å². The molecule has 0 fully saturated rings. The molecule has 29 heavy (non-hydrogen) atoms. The van der Waals surface area contributed by atoms with Crippen LogP contribution < -0.4 is 9.62 Å². The number of hydrogen-bond acceptors (Lipinski definition) is 3. The molecule has 1 amide bonds. The monoisotopic (exact) mass is 414 g/mol. The third-order valence-electron chi connectivity index (χ3n) is 5.86. The van der Waals surface area contributed by atoms with E-state index >= 15 is 0 Å². The van der Waals surface area contributed by atoms with Crippen molar-refractivity contribution in [2.45, 2.75) is 60.0 Å². The molecule has 0 radical (unpaired) electrons. The molecule has 0 saturated carbocycles. The lowest BCUT2D eigenvalue weighted by Crippen LogP contribution is -2.36. The number of anilines is 1. The molecule has 1 aliphatic rings. The molecule has 6 heteroatoms. The highest BCUT2D eigenvalue weighted by Crippen LogP contribution is 2.35. The van der Waals surface area contributed by atoms with Gasteiger partial charge < -0.3 is 5.32 Å². The quantitative estimate of drug-likeness (QED) is 0.797. The molecular weight excluding hydrogens is 384 g/mol. The van der Waals surface area contributed by atoms with Gasteiger partial charge in [0.05, 0.1) is 17.5 Å². The summed E-state index contributed by atoms with van der Waals surface area (Å²) in [5.74, 6) is -0.0892. The number of benzene rings is 2. The molecule has 1 N–H and O–H groups in total. The maximum Gasteiger partial charge on any atom is 0.251 e. The van der Waals surface area contributed by atoms with Gasteiger partial charge in [-0.05, 0) is 94.0 Å². The second kappa shape index (κ2) is 7.82. The minimum absolute atomic E-state index is 0.0614. The molecule has 0 unspecified atom stereocenters. The van der Waals surface area contributed by atoms with Crippen LogP contribution in [0.3, 0.4) is 0 Å². The summed E-state index contributed by atoms with van der Waals surface area (Å²) in [6.45, 7) is 11.8. The van der Waals surface area contributed by atoms with E-state index in [4.69, 9.17) is 0 Å². The van der Waals surface area contributed by atoms with Gasteiger partial charge in [0.15, 0.2) is 0 Å². The fraction of sp³-hybridized carbons (Fsp3) is 0.435. The van der Waals surface area contributed by atoms with E-state index < -0.39 is 10.0 Å². The van der Waals surface area contributed by atoms with E-state index in [2.05, 4.69) is 38.2 Å². The van der Waals surface area contributed by atoms with E-state index in [1.54, 1.807) is 19.1 Å². The zero-order chi connectivity index (χ0) is 21.5. The van der Waals surface area contributed by atoms with Crippen LogP contribution in [0.15, 0.2) is 30.3 Å². The first-order valence-corrected chi connectivity index (χ1v) is 11.7. The van der Waals surface area contributed by atoms with Crippen molar-refractivity contribution in [3.63, 3.8) is 0 Å². The van der Waals surface area contributed by atoms with Gasteiger partial charge in [0, 0.05) is 11.6 Å². The first kappa shape index (κ1) is 21.4. The van der Waals surface area contributed by atoms with Crippen LogP contribution in [-0.2, 0) is 16.4 Å². The molecule has 2 atom stereocenters. The van der Waals surface area contributed by atoms with Crippen molar-refractivity contribution in [3.8, 4) is 0 Å². The van der Waals surface area contributed by atoms with Crippen LogP contribution in [0.1, 0.15) is 65.0 Å². The highest BCUT2D eigenvalue weighted by molar-refractivity contribution is 7.92. The summed E-state index contributed by atoms with van der Waals surface area (Å²) in [6, 6.07) is 9.32. The lowest BCUT2D eigenvalue weighted by atomic mass is 9.96. The number of sulfonamides is 1. The van der Waals surface area contributed by atoms with E-state index in [9.17, 15) is 13.2 Å². The van der Waals surface area contributed by atoms with Crippen LogP contribution >= 0.6 is 0 Å². The van der Waals surface area contributed by atoms with Gasteiger partial charge in [0.25, 0.3) is 5.91 Å². The van der Waals surface area contributed by atoms with Gasteiger partial charge >= 0.3 is 0 Å². The first-order valence-electron chi connectivity index (χ1n) is 10.1. The Morgan fingerprint density at radius 2 is 1.79 bits per heavy atom. The third kappa shape index (κ3) is 4.04. The molecule has 0 bridgehead atoms. The second-order valence-corrected chi connectivity index (χ2v) is 10.2. The van der Waals surface area contributed by atoms with Crippen molar-refractivity contribution in [2.75, 3.05) is 10.1 Å². The van der Waals surface area contributed by atoms with E-state index in [0.29, 0.717) is 17.7 Å². The zero-order valence-electron chi connectivity index (χ0n) is 18.0. The third-order valence-corrected chi connectivity index (χ3v) is 7.74. The summed E-state index contributed by atoms with van der Waals surface area (Å²) in [6.07, 6.45) is 0.613. The van der Waals surface area contributed by atoms with Crippen LogP contribution in [-0.4, -0.2) is 26.1 Å². The molecule has 0 spiro atoms. The Kier molecular flexibility index (Phi) is 5.77. The normalized spacial score (nSPS) is 17.2. The number of hydrogen-bond donors (Lipinski definition) is 1. The molecule has 0 saturated heterocycles. The predicted molar refractivity (Wildman–Crippen MR) is 118 cm³/mol. The van der Waals surface area contributed by atoms with Crippen LogP contribution in [0.4, 0.5) is 5.69 Å². The van der Waals surface area contributed by atoms with Crippen molar-refractivity contribution in [3.05, 3.63) is 63.7 Å². The number of carbonyl (C=O) groups is 1. The molecule has 2 aromatic carbocycles. The fourth-order valence-electron chi connectivity index (χ4n) is 4.11. The molecule has 0 aliphatic carbocycles. The Morgan fingerprint density at radius 1 is 1.14 bits per heavy atom. The van der Waals surface area contributed by atoms with E-state index in [-0.39, 0.29) is 23.7 Å². The lowest BCUT2D eigenvalue weighted by molar-refractivity contribution is 0.0939.